The Hall–Kier alpha value is -0.500. The van der Waals surface area contributed by atoms with Gasteiger partial charge in [0, 0.05) is 11.6 Å². The predicted octanol–water partition coefficient (Wildman–Crippen LogP) is 4.20. The Labute approximate surface area is 90.2 Å². The smallest absolute Gasteiger partial charge is 0.0782 e. The second kappa shape index (κ2) is 3.33. The number of aromatic nitrogens is 1. The Kier molecular flexibility index (Phi) is 2.33. The molecule has 0 spiro atoms. The summed E-state index contributed by atoms with van der Waals surface area (Å²) in [5.74, 6) is 0. The molecule has 0 unspecified atom stereocenters. The van der Waals surface area contributed by atoms with Crippen LogP contribution in [0.3, 0.4) is 0 Å². The maximum absolute atomic E-state index is 5.97. The van der Waals surface area contributed by atoms with Crippen molar-refractivity contribution in [2.24, 2.45) is 0 Å². The molecule has 2 aromatic rings. The van der Waals surface area contributed by atoms with E-state index in [4.69, 9.17) is 34.8 Å². The summed E-state index contributed by atoms with van der Waals surface area (Å²) in [6.07, 6.45) is 1.52. The zero-order chi connectivity index (χ0) is 9.42. The second-order valence-electron chi connectivity index (χ2n) is 2.55. The minimum atomic E-state index is 0.419. The van der Waals surface area contributed by atoms with Gasteiger partial charge in [-0.05, 0) is 12.1 Å². The van der Waals surface area contributed by atoms with Crippen molar-refractivity contribution in [2.75, 3.05) is 0 Å². The Morgan fingerprint density at radius 3 is 2.54 bits per heavy atom. The molecule has 0 N–H and O–H groups in total. The van der Waals surface area contributed by atoms with E-state index in [1.54, 1.807) is 6.07 Å². The predicted molar refractivity (Wildman–Crippen MR) is 56.8 cm³/mol. The van der Waals surface area contributed by atoms with Crippen LogP contribution in [0.1, 0.15) is 0 Å². The van der Waals surface area contributed by atoms with Crippen LogP contribution in [0.4, 0.5) is 0 Å². The average Bonchev–Trinajstić information content (AvgIpc) is 2.12. The zero-order valence-corrected chi connectivity index (χ0v) is 8.66. The van der Waals surface area contributed by atoms with E-state index in [2.05, 4.69) is 4.98 Å². The van der Waals surface area contributed by atoms with E-state index >= 15 is 0 Å². The molecule has 0 aliphatic rings. The van der Waals surface area contributed by atoms with Gasteiger partial charge in [0.1, 0.15) is 0 Å². The molecule has 1 nitrogen and oxygen atoms in total. The van der Waals surface area contributed by atoms with Gasteiger partial charge in [-0.25, -0.2) is 0 Å². The summed E-state index contributed by atoms with van der Waals surface area (Å²) in [4.78, 5) is 4.10. The summed E-state index contributed by atoms with van der Waals surface area (Å²) < 4.78 is 0. The number of pyridine rings is 1. The summed E-state index contributed by atoms with van der Waals surface area (Å²) in [7, 11) is 0. The highest BCUT2D eigenvalue weighted by molar-refractivity contribution is 6.47. The molecule has 0 radical (unpaired) electrons. The van der Waals surface area contributed by atoms with Gasteiger partial charge in [0.25, 0.3) is 0 Å². The third kappa shape index (κ3) is 1.48. The third-order valence-electron chi connectivity index (χ3n) is 1.74. The van der Waals surface area contributed by atoms with E-state index < -0.39 is 0 Å². The van der Waals surface area contributed by atoms with Crippen LogP contribution in [-0.4, -0.2) is 4.98 Å². The Morgan fingerprint density at radius 1 is 1.00 bits per heavy atom. The minimum absolute atomic E-state index is 0.419. The van der Waals surface area contributed by atoms with Gasteiger partial charge in [-0.3, -0.25) is 4.98 Å². The maximum atomic E-state index is 5.97. The lowest BCUT2D eigenvalue weighted by Gasteiger charge is -2.02. The molecule has 0 saturated carbocycles. The quantitative estimate of drug-likeness (QED) is 0.663. The van der Waals surface area contributed by atoms with Gasteiger partial charge in [0.05, 0.1) is 20.6 Å². The first-order valence-corrected chi connectivity index (χ1v) is 4.72. The monoisotopic (exact) mass is 231 g/mol. The number of halogens is 3. The molecule has 2 rings (SSSR count). The molecular formula is C9H4Cl3N. The lowest BCUT2D eigenvalue weighted by atomic mass is 10.2. The largest absolute Gasteiger partial charge is 0.255 e. The molecule has 0 fully saturated rings. The zero-order valence-electron chi connectivity index (χ0n) is 6.39. The van der Waals surface area contributed by atoms with Crippen LogP contribution in [0.25, 0.3) is 10.9 Å². The van der Waals surface area contributed by atoms with Gasteiger partial charge in [-0.15, -0.1) is 0 Å². The van der Waals surface area contributed by atoms with Gasteiger partial charge in [0.2, 0.25) is 0 Å². The summed E-state index contributed by atoms with van der Waals surface area (Å²) >= 11 is 17.7. The fourth-order valence-electron chi connectivity index (χ4n) is 1.14. The third-order valence-corrected chi connectivity index (χ3v) is 2.83. The lowest BCUT2D eigenvalue weighted by molar-refractivity contribution is 1.41. The first-order valence-electron chi connectivity index (χ1n) is 3.58. The van der Waals surface area contributed by atoms with Crippen LogP contribution >= 0.6 is 34.8 Å². The minimum Gasteiger partial charge on any atom is -0.255 e. The van der Waals surface area contributed by atoms with Crippen LogP contribution in [0.5, 0.6) is 0 Å². The number of benzene rings is 1. The van der Waals surface area contributed by atoms with Crippen LogP contribution < -0.4 is 0 Å². The summed E-state index contributed by atoms with van der Waals surface area (Å²) in [5.41, 5.74) is 0.752. The SMILES string of the molecule is Clc1cnc2cccc(Cl)c2c1Cl. The van der Waals surface area contributed by atoms with Crippen molar-refractivity contribution in [3.63, 3.8) is 0 Å². The summed E-state index contributed by atoms with van der Waals surface area (Å²) in [6, 6.07) is 5.42. The molecule has 0 saturated heterocycles. The number of rotatable bonds is 0. The van der Waals surface area contributed by atoms with Crippen molar-refractivity contribution in [2.45, 2.75) is 0 Å². The van der Waals surface area contributed by atoms with Crippen molar-refractivity contribution in [3.8, 4) is 0 Å². The Bertz CT molecular complexity index is 468. The van der Waals surface area contributed by atoms with E-state index in [1.807, 2.05) is 12.1 Å². The molecule has 0 bridgehead atoms. The molecule has 66 valence electrons. The average molecular weight is 232 g/mol. The molecular weight excluding hydrogens is 228 g/mol. The number of nitrogens with zero attached hydrogens (tertiary/aromatic N) is 1. The highest BCUT2D eigenvalue weighted by Crippen LogP contribution is 2.33. The van der Waals surface area contributed by atoms with Crippen LogP contribution in [0.15, 0.2) is 24.4 Å². The van der Waals surface area contributed by atoms with E-state index in [0.29, 0.717) is 20.5 Å². The van der Waals surface area contributed by atoms with Crippen molar-refractivity contribution in [1.29, 1.82) is 0 Å². The highest BCUT2D eigenvalue weighted by atomic mass is 35.5. The van der Waals surface area contributed by atoms with Crippen LogP contribution in [-0.2, 0) is 0 Å². The van der Waals surface area contributed by atoms with Gasteiger partial charge in [-0.1, -0.05) is 40.9 Å². The normalized spacial score (nSPS) is 10.7. The number of hydrogen-bond donors (Lipinski definition) is 0. The molecule has 0 amide bonds. The van der Waals surface area contributed by atoms with Crippen molar-refractivity contribution < 1.29 is 0 Å². The lowest BCUT2D eigenvalue weighted by Crippen LogP contribution is -1.81. The van der Waals surface area contributed by atoms with Gasteiger partial charge in [-0.2, -0.15) is 0 Å². The molecule has 0 aliphatic heterocycles. The molecule has 0 atom stereocenters. The fourth-order valence-corrected chi connectivity index (χ4v) is 1.84. The standard InChI is InChI=1S/C9H4Cl3N/c10-5-2-1-3-7-8(5)9(12)6(11)4-13-7/h1-4H. The number of fused-ring (bicyclic) bond motifs is 1. The van der Waals surface area contributed by atoms with E-state index in [0.717, 1.165) is 5.52 Å². The topological polar surface area (TPSA) is 12.9 Å². The van der Waals surface area contributed by atoms with Crippen molar-refractivity contribution in [1.82, 2.24) is 4.98 Å². The first kappa shape index (κ1) is 9.07. The maximum Gasteiger partial charge on any atom is 0.0782 e. The van der Waals surface area contributed by atoms with Gasteiger partial charge in [0.15, 0.2) is 0 Å². The van der Waals surface area contributed by atoms with E-state index in [1.165, 1.54) is 6.20 Å². The van der Waals surface area contributed by atoms with Crippen molar-refractivity contribution >= 4 is 45.7 Å². The molecule has 1 heterocycles. The Morgan fingerprint density at radius 2 is 1.77 bits per heavy atom. The summed E-state index contributed by atoms with van der Waals surface area (Å²) in [5, 5.41) is 2.15. The first-order chi connectivity index (χ1) is 6.20. The van der Waals surface area contributed by atoms with Crippen LogP contribution in [0.2, 0.25) is 15.1 Å². The van der Waals surface area contributed by atoms with E-state index in [9.17, 15) is 0 Å². The number of hydrogen-bond acceptors (Lipinski definition) is 1. The molecule has 13 heavy (non-hydrogen) atoms. The molecule has 1 aromatic heterocycles. The fraction of sp³-hybridized carbons (Fsp3) is 0. The summed E-state index contributed by atoms with van der Waals surface area (Å²) in [6.45, 7) is 0. The Balaban J connectivity index is 2.97. The van der Waals surface area contributed by atoms with Gasteiger partial charge >= 0.3 is 0 Å². The van der Waals surface area contributed by atoms with Crippen LogP contribution in [0, 0.1) is 0 Å². The highest BCUT2D eigenvalue weighted by Gasteiger charge is 2.07. The second-order valence-corrected chi connectivity index (χ2v) is 3.75. The molecule has 4 heteroatoms. The molecule has 1 aromatic carbocycles. The van der Waals surface area contributed by atoms with E-state index in [-0.39, 0.29) is 0 Å². The van der Waals surface area contributed by atoms with Crippen molar-refractivity contribution in [3.05, 3.63) is 39.5 Å². The van der Waals surface area contributed by atoms with Gasteiger partial charge < -0.3 is 0 Å². The molecule has 0 aliphatic carbocycles.